The number of fused-ring (bicyclic) bond motifs is 2. The van der Waals surface area contributed by atoms with Crippen molar-refractivity contribution in [2.24, 2.45) is 0 Å². The molecule has 1 aliphatic rings. The van der Waals surface area contributed by atoms with Crippen molar-refractivity contribution in [3.8, 4) is 0 Å². The summed E-state index contributed by atoms with van der Waals surface area (Å²) in [5.41, 5.74) is 5.35. The van der Waals surface area contributed by atoms with Crippen molar-refractivity contribution in [3.05, 3.63) is 70.3 Å². The van der Waals surface area contributed by atoms with Crippen LogP contribution >= 0.6 is 0 Å². The summed E-state index contributed by atoms with van der Waals surface area (Å²) < 4.78 is 7.29. The van der Waals surface area contributed by atoms with Crippen LogP contribution in [0.1, 0.15) is 30.1 Å². The third kappa shape index (κ3) is 2.79. The minimum atomic E-state index is -0.246. The van der Waals surface area contributed by atoms with Crippen LogP contribution in [-0.2, 0) is 6.54 Å². The summed E-state index contributed by atoms with van der Waals surface area (Å²) >= 11 is 0. The molecule has 3 heterocycles. The van der Waals surface area contributed by atoms with Crippen molar-refractivity contribution in [2.75, 3.05) is 13.1 Å². The normalized spacial score (nSPS) is 18.5. The van der Waals surface area contributed by atoms with E-state index in [0.717, 1.165) is 38.0 Å². The van der Waals surface area contributed by atoms with Crippen LogP contribution in [0.3, 0.4) is 0 Å². The number of para-hydroxylation sites is 3. The Kier molecular flexibility index (Phi) is 3.90. The van der Waals surface area contributed by atoms with Crippen molar-refractivity contribution in [1.29, 1.82) is 0 Å². The molecule has 0 unspecified atom stereocenters. The van der Waals surface area contributed by atoms with Gasteiger partial charge in [0.05, 0.1) is 11.6 Å². The number of benzene rings is 2. The molecule has 1 fully saturated rings. The molecular formula is C22H23N3O2. The first kappa shape index (κ1) is 16.4. The largest absolute Gasteiger partial charge is 0.420 e. The van der Waals surface area contributed by atoms with Gasteiger partial charge in [-0.3, -0.25) is 9.47 Å². The van der Waals surface area contributed by atoms with E-state index >= 15 is 0 Å². The van der Waals surface area contributed by atoms with Crippen molar-refractivity contribution in [2.45, 2.75) is 32.4 Å². The van der Waals surface area contributed by atoms with Crippen LogP contribution in [-0.4, -0.2) is 27.5 Å². The minimum Gasteiger partial charge on any atom is -0.408 e. The summed E-state index contributed by atoms with van der Waals surface area (Å²) in [6, 6.07) is 16.3. The number of aryl methyl sites for hydroxylation is 1. The quantitative estimate of drug-likeness (QED) is 0.594. The summed E-state index contributed by atoms with van der Waals surface area (Å²) in [7, 11) is 0. The van der Waals surface area contributed by atoms with Gasteiger partial charge >= 0.3 is 5.76 Å². The summed E-state index contributed by atoms with van der Waals surface area (Å²) in [6.45, 7) is 4.97. The van der Waals surface area contributed by atoms with Gasteiger partial charge in [-0.1, -0.05) is 30.3 Å². The molecule has 1 aliphatic heterocycles. The molecule has 1 saturated heterocycles. The molecule has 0 spiro atoms. The SMILES string of the molecule is Cc1c(CN2CCC[C@@H](n3c(=O)oc4ccccc43)C2)[nH]c2ccccc12. The van der Waals surface area contributed by atoms with Gasteiger partial charge in [0.15, 0.2) is 5.58 Å². The summed E-state index contributed by atoms with van der Waals surface area (Å²) in [5.74, 6) is -0.246. The maximum Gasteiger partial charge on any atom is 0.420 e. The first-order valence-corrected chi connectivity index (χ1v) is 9.59. The topological polar surface area (TPSA) is 54.2 Å². The number of nitrogens with one attached hydrogen (secondary N) is 1. The third-order valence-electron chi connectivity index (χ3n) is 5.82. The molecule has 27 heavy (non-hydrogen) atoms. The van der Waals surface area contributed by atoms with E-state index in [1.165, 1.54) is 22.2 Å². The molecule has 0 bridgehead atoms. The summed E-state index contributed by atoms with van der Waals surface area (Å²) in [5, 5.41) is 1.29. The van der Waals surface area contributed by atoms with E-state index in [4.69, 9.17) is 4.42 Å². The Labute approximate surface area is 157 Å². The zero-order chi connectivity index (χ0) is 18.4. The highest BCUT2D eigenvalue weighted by atomic mass is 16.4. The molecule has 1 N–H and O–H groups in total. The fourth-order valence-corrected chi connectivity index (χ4v) is 4.44. The predicted molar refractivity (Wildman–Crippen MR) is 107 cm³/mol. The Morgan fingerprint density at radius 2 is 1.96 bits per heavy atom. The number of rotatable bonds is 3. The van der Waals surface area contributed by atoms with Crippen molar-refractivity contribution >= 4 is 22.0 Å². The highest BCUT2D eigenvalue weighted by Crippen LogP contribution is 2.27. The molecule has 2 aromatic carbocycles. The van der Waals surface area contributed by atoms with Crippen molar-refractivity contribution < 1.29 is 4.42 Å². The molecule has 0 saturated carbocycles. The number of oxazole rings is 1. The van der Waals surface area contributed by atoms with E-state index in [0.29, 0.717) is 5.58 Å². The fraction of sp³-hybridized carbons (Fsp3) is 0.318. The van der Waals surface area contributed by atoms with Gasteiger partial charge in [0.2, 0.25) is 0 Å². The highest BCUT2D eigenvalue weighted by Gasteiger charge is 2.25. The molecule has 2 aromatic heterocycles. The number of hydrogen-bond acceptors (Lipinski definition) is 3. The smallest absolute Gasteiger partial charge is 0.408 e. The molecule has 0 radical (unpaired) electrons. The molecule has 0 amide bonds. The number of piperidine rings is 1. The average Bonchev–Trinajstić information content (AvgIpc) is 3.18. The standard InChI is InChI=1S/C22H23N3O2/c1-15-17-8-2-3-9-18(17)23-19(15)14-24-12-6-7-16(13-24)25-20-10-4-5-11-21(20)27-22(25)26/h2-5,8-11,16,23H,6-7,12-14H2,1H3/t16-/m1/s1. The second-order valence-corrected chi connectivity index (χ2v) is 7.51. The van der Waals surface area contributed by atoms with E-state index in [-0.39, 0.29) is 11.8 Å². The van der Waals surface area contributed by atoms with Gasteiger partial charge in [0.25, 0.3) is 0 Å². The van der Waals surface area contributed by atoms with Crippen LogP contribution < -0.4 is 5.76 Å². The lowest BCUT2D eigenvalue weighted by Crippen LogP contribution is -2.38. The van der Waals surface area contributed by atoms with Gasteiger partial charge in [-0.15, -0.1) is 0 Å². The molecule has 4 aromatic rings. The highest BCUT2D eigenvalue weighted by molar-refractivity contribution is 5.84. The van der Waals surface area contributed by atoms with Crippen LogP contribution in [0, 0.1) is 6.92 Å². The zero-order valence-electron chi connectivity index (χ0n) is 15.4. The van der Waals surface area contributed by atoms with E-state index in [1.807, 2.05) is 28.8 Å². The van der Waals surface area contributed by atoms with Crippen LogP contribution in [0.25, 0.3) is 22.0 Å². The second kappa shape index (κ2) is 6.43. The maximum absolute atomic E-state index is 12.4. The van der Waals surface area contributed by atoms with Gasteiger partial charge in [0.1, 0.15) is 0 Å². The number of hydrogen-bond donors (Lipinski definition) is 1. The Morgan fingerprint density at radius 3 is 2.85 bits per heavy atom. The minimum absolute atomic E-state index is 0.152. The first-order valence-electron chi connectivity index (χ1n) is 9.59. The molecule has 0 aliphatic carbocycles. The third-order valence-corrected chi connectivity index (χ3v) is 5.82. The van der Waals surface area contributed by atoms with Gasteiger partial charge in [-0.2, -0.15) is 0 Å². The van der Waals surface area contributed by atoms with Crippen molar-refractivity contribution in [1.82, 2.24) is 14.5 Å². The lowest BCUT2D eigenvalue weighted by atomic mass is 10.0. The Morgan fingerprint density at radius 1 is 1.15 bits per heavy atom. The Hall–Kier alpha value is -2.79. The summed E-state index contributed by atoms with van der Waals surface area (Å²) in [6.07, 6.45) is 2.08. The zero-order valence-corrected chi connectivity index (χ0v) is 15.4. The second-order valence-electron chi connectivity index (χ2n) is 7.51. The Balaban J connectivity index is 1.43. The number of aromatic nitrogens is 2. The summed E-state index contributed by atoms with van der Waals surface area (Å²) in [4.78, 5) is 18.5. The van der Waals surface area contributed by atoms with Gasteiger partial charge in [0, 0.05) is 29.7 Å². The number of nitrogens with zero attached hydrogens (tertiary/aromatic N) is 2. The lowest BCUT2D eigenvalue weighted by Gasteiger charge is -2.32. The van der Waals surface area contributed by atoms with Gasteiger partial charge < -0.3 is 9.40 Å². The van der Waals surface area contributed by atoms with Crippen LogP contribution in [0.5, 0.6) is 0 Å². The average molecular weight is 361 g/mol. The van der Waals surface area contributed by atoms with Crippen LogP contribution in [0.2, 0.25) is 0 Å². The van der Waals surface area contributed by atoms with Gasteiger partial charge in [-0.05, 0) is 50.1 Å². The molecular weight excluding hydrogens is 338 g/mol. The van der Waals surface area contributed by atoms with Crippen molar-refractivity contribution in [3.63, 3.8) is 0 Å². The molecule has 1 atom stereocenters. The fourth-order valence-electron chi connectivity index (χ4n) is 4.44. The van der Waals surface area contributed by atoms with E-state index in [9.17, 15) is 4.79 Å². The van der Waals surface area contributed by atoms with Gasteiger partial charge in [-0.25, -0.2) is 4.79 Å². The number of aromatic amines is 1. The van der Waals surface area contributed by atoms with E-state index in [1.54, 1.807) is 0 Å². The molecule has 5 heteroatoms. The number of likely N-dealkylation sites (tertiary alicyclic amines) is 1. The first-order chi connectivity index (χ1) is 13.2. The van der Waals surface area contributed by atoms with E-state index in [2.05, 4.69) is 41.1 Å². The van der Waals surface area contributed by atoms with E-state index < -0.39 is 0 Å². The maximum atomic E-state index is 12.4. The van der Waals surface area contributed by atoms with Crippen LogP contribution in [0.4, 0.5) is 0 Å². The van der Waals surface area contributed by atoms with Crippen LogP contribution in [0.15, 0.2) is 57.7 Å². The predicted octanol–water partition coefficient (Wildman–Crippen LogP) is 4.22. The molecule has 138 valence electrons. The molecule has 5 nitrogen and oxygen atoms in total. The molecule has 5 rings (SSSR count). The lowest BCUT2D eigenvalue weighted by molar-refractivity contribution is 0.166. The monoisotopic (exact) mass is 361 g/mol. The number of H-pyrrole nitrogens is 1. The Bertz CT molecular complexity index is 1170.